The molecule has 2 aliphatic rings. The molecule has 7 heteroatoms. The highest BCUT2D eigenvalue weighted by Gasteiger charge is 2.26. The van der Waals surface area contributed by atoms with Crippen molar-refractivity contribution in [3.05, 3.63) is 11.3 Å². The van der Waals surface area contributed by atoms with E-state index in [0.717, 1.165) is 32.7 Å². The Kier molecular flexibility index (Phi) is 6.41. The largest absolute Gasteiger partial charge is 0.463 e. The van der Waals surface area contributed by atoms with Gasteiger partial charge in [-0.05, 0) is 12.8 Å². The van der Waals surface area contributed by atoms with Crippen LogP contribution in [-0.4, -0.2) is 74.2 Å². The Balaban J connectivity index is 1.96. The molecule has 0 aromatic rings. The van der Waals surface area contributed by atoms with Gasteiger partial charge < -0.3 is 20.3 Å². The molecular weight excluding hydrogens is 296 g/mol. The van der Waals surface area contributed by atoms with Gasteiger partial charge in [-0.25, -0.2) is 9.59 Å². The highest BCUT2D eigenvalue weighted by Crippen LogP contribution is 2.12. The Morgan fingerprint density at radius 1 is 1.22 bits per heavy atom. The maximum atomic E-state index is 12.0. The molecule has 0 bridgehead atoms. The van der Waals surface area contributed by atoms with Crippen LogP contribution in [0.2, 0.25) is 0 Å². The number of rotatable bonds is 6. The van der Waals surface area contributed by atoms with Crippen molar-refractivity contribution < 1.29 is 14.3 Å². The molecule has 0 unspecified atom stereocenters. The van der Waals surface area contributed by atoms with E-state index in [9.17, 15) is 9.59 Å². The van der Waals surface area contributed by atoms with Crippen molar-refractivity contribution in [3.8, 4) is 0 Å². The molecule has 2 aliphatic heterocycles. The quantitative estimate of drug-likeness (QED) is 0.692. The maximum Gasteiger partial charge on any atom is 0.337 e. The minimum atomic E-state index is -0.353. The van der Waals surface area contributed by atoms with Crippen LogP contribution in [0.15, 0.2) is 11.3 Å². The number of ether oxygens (including phenoxy) is 1. The number of esters is 1. The molecule has 0 saturated carbocycles. The molecule has 130 valence electrons. The van der Waals surface area contributed by atoms with Crippen molar-refractivity contribution in [1.29, 1.82) is 0 Å². The number of carbonyl (C=O) groups is 2. The van der Waals surface area contributed by atoms with Crippen molar-refractivity contribution in [2.24, 2.45) is 5.92 Å². The third-order valence-electron chi connectivity index (χ3n) is 4.05. The van der Waals surface area contributed by atoms with Crippen molar-refractivity contribution in [2.75, 3.05) is 52.4 Å². The lowest BCUT2D eigenvalue weighted by Gasteiger charge is -2.36. The van der Waals surface area contributed by atoms with Gasteiger partial charge in [-0.3, -0.25) is 4.90 Å². The van der Waals surface area contributed by atoms with Gasteiger partial charge in [0.25, 0.3) is 0 Å². The van der Waals surface area contributed by atoms with Gasteiger partial charge in [0.1, 0.15) is 0 Å². The van der Waals surface area contributed by atoms with Crippen LogP contribution < -0.4 is 10.6 Å². The fourth-order valence-corrected chi connectivity index (χ4v) is 2.95. The average Bonchev–Trinajstić information content (AvgIpc) is 2.49. The van der Waals surface area contributed by atoms with E-state index in [-0.39, 0.29) is 18.5 Å². The van der Waals surface area contributed by atoms with E-state index >= 15 is 0 Å². The van der Waals surface area contributed by atoms with Crippen molar-refractivity contribution >= 4 is 12.0 Å². The molecular formula is C16H28N4O3. The standard InChI is InChI=1S/C16H28N4O3/c1-4-23-15(21)13-9-17-16(22)18-14(13)11-20-7-5-19(6-8-20)10-12(2)3/h12H,4-11H2,1-3H3,(H2,17,18,22). The number of hydrogen-bond donors (Lipinski definition) is 2. The smallest absolute Gasteiger partial charge is 0.337 e. The molecule has 2 rings (SSSR count). The molecule has 23 heavy (non-hydrogen) atoms. The van der Waals surface area contributed by atoms with Crippen LogP contribution in [0, 0.1) is 5.92 Å². The average molecular weight is 324 g/mol. The normalized spacial score (nSPS) is 20.4. The summed E-state index contributed by atoms with van der Waals surface area (Å²) in [5, 5.41) is 5.40. The fourth-order valence-electron chi connectivity index (χ4n) is 2.95. The predicted molar refractivity (Wildman–Crippen MR) is 87.9 cm³/mol. The number of urea groups is 1. The second kappa shape index (κ2) is 8.31. The molecule has 1 fully saturated rings. The summed E-state index contributed by atoms with van der Waals surface area (Å²) in [6, 6.07) is -0.258. The first-order valence-electron chi connectivity index (χ1n) is 8.38. The highest BCUT2D eigenvalue weighted by atomic mass is 16.5. The monoisotopic (exact) mass is 324 g/mol. The van der Waals surface area contributed by atoms with Crippen molar-refractivity contribution in [2.45, 2.75) is 20.8 Å². The predicted octanol–water partition coefficient (Wildman–Crippen LogP) is 0.390. The van der Waals surface area contributed by atoms with Crippen LogP contribution >= 0.6 is 0 Å². The minimum absolute atomic E-state index is 0.229. The number of nitrogens with one attached hydrogen (secondary N) is 2. The molecule has 0 spiro atoms. The molecule has 2 amide bonds. The summed E-state index contributed by atoms with van der Waals surface area (Å²) in [4.78, 5) is 28.3. The summed E-state index contributed by atoms with van der Waals surface area (Å²) >= 11 is 0. The van der Waals surface area contributed by atoms with Crippen molar-refractivity contribution in [3.63, 3.8) is 0 Å². The minimum Gasteiger partial charge on any atom is -0.463 e. The fraction of sp³-hybridized carbons (Fsp3) is 0.750. The number of carbonyl (C=O) groups excluding carboxylic acids is 2. The molecule has 0 radical (unpaired) electrons. The third kappa shape index (κ3) is 5.21. The van der Waals surface area contributed by atoms with E-state index in [4.69, 9.17) is 4.74 Å². The lowest BCUT2D eigenvalue weighted by molar-refractivity contribution is -0.138. The Morgan fingerprint density at radius 2 is 1.87 bits per heavy atom. The summed E-state index contributed by atoms with van der Waals surface area (Å²) in [6.07, 6.45) is 0. The second-order valence-electron chi connectivity index (χ2n) is 6.46. The van der Waals surface area contributed by atoms with Gasteiger partial charge in [-0.1, -0.05) is 13.8 Å². The number of nitrogens with zero attached hydrogens (tertiary/aromatic N) is 2. The van der Waals surface area contributed by atoms with E-state index in [1.165, 1.54) is 0 Å². The zero-order valence-corrected chi connectivity index (χ0v) is 14.4. The van der Waals surface area contributed by atoms with E-state index in [1.807, 2.05) is 0 Å². The molecule has 2 N–H and O–H groups in total. The van der Waals surface area contributed by atoms with Crippen LogP contribution in [0.5, 0.6) is 0 Å². The van der Waals surface area contributed by atoms with Gasteiger partial charge in [0, 0.05) is 45.0 Å². The van der Waals surface area contributed by atoms with E-state index in [0.29, 0.717) is 30.3 Å². The summed E-state index contributed by atoms with van der Waals surface area (Å²) in [5.74, 6) is 0.317. The molecule has 1 saturated heterocycles. The number of amides is 2. The lowest BCUT2D eigenvalue weighted by Crippen LogP contribution is -2.51. The number of piperazine rings is 1. The molecule has 0 atom stereocenters. The van der Waals surface area contributed by atoms with Gasteiger partial charge in [0.15, 0.2) is 0 Å². The topological polar surface area (TPSA) is 73.9 Å². The van der Waals surface area contributed by atoms with Gasteiger partial charge >= 0.3 is 12.0 Å². The molecule has 0 aromatic heterocycles. The van der Waals surface area contributed by atoms with Crippen molar-refractivity contribution in [1.82, 2.24) is 20.4 Å². The van der Waals surface area contributed by atoms with E-state index in [2.05, 4.69) is 34.3 Å². The molecule has 0 aromatic carbocycles. The van der Waals surface area contributed by atoms with Gasteiger partial charge in [-0.15, -0.1) is 0 Å². The third-order valence-corrected chi connectivity index (χ3v) is 4.05. The Bertz CT molecular complexity index is 468. The SMILES string of the molecule is CCOC(=O)C1=C(CN2CCN(CC(C)C)CC2)NC(=O)NC1. The van der Waals surface area contributed by atoms with Gasteiger partial charge in [-0.2, -0.15) is 0 Å². The van der Waals surface area contributed by atoms with Gasteiger partial charge in [0.05, 0.1) is 18.7 Å². The second-order valence-corrected chi connectivity index (χ2v) is 6.46. The van der Waals surface area contributed by atoms with Crippen LogP contribution in [0.1, 0.15) is 20.8 Å². The first kappa shape index (κ1) is 17.7. The van der Waals surface area contributed by atoms with E-state index < -0.39 is 0 Å². The zero-order chi connectivity index (χ0) is 16.8. The van der Waals surface area contributed by atoms with Crippen LogP contribution in [0.25, 0.3) is 0 Å². The van der Waals surface area contributed by atoms with Crippen LogP contribution in [0.4, 0.5) is 4.79 Å². The zero-order valence-electron chi connectivity index (χ0n) is 14.4. The summed E-state index contributed by atoms with van der Waals surface area (Å²) in [7, 11) is 0. The molecule has 7 nitrogen and oxygen atoms in total. The Morgan fingerprint density at radius 3 is 2.48 bits per heavy atom. The molecule has 0 aliphatic carbocycles. The summed E-state index contributed by atoms with van der Waals surface area (Å²) in [5.41, 5.74) is 1.19. The highest BCUT2D eigenvalue weighted by molar-refractivity contribution is 5.93. The summed E-state index contributed by atoms with van der Waals surface area (Å²) in [6.45, 7) is 12.4. The Labute approximate surface area is 138 Å². The number of hydrogen-bond acceptors (Lipinski definition) is 5. The first-order chi connectivity index (χ1) is 11.0. The maximum absolute atomic E-state index is 12.0. The van der Waals surface area contributed by atoms with E-state index in [1.54, 1.807) is 6.92 Å². The Hall–Kier alpha value is -1.60. The summed E-state index contributed by atoms with van der Waals surface area (Å²) < 4.78 is 5.08. The lowest BCUT2D eigenvalue weighted by atomic mass is 10.1. The van der Waals surface area contributed by atoms with Crippen LogP contribution in [0.3, 0.4) is 0 Å². The first-order valence-corrected chi connectivity index (χ1v) is 8.38. The van der Waals surface area contributed by atoms with Gasteiger partial charge in [0.2, 0.25) is 0 Å². The molecule has 2 heterocycles. The van der Waals surface area contributed by atoms with Crippen LogP contribution in [-0.2, 0) is 9.53 Å².